The van der Waals surface area contributed by atoms with Crippen LogP contribution in [0.4, 0.5) is 0 Å². The number of amides is 1. The van der Waals surface area contributed by atoms with Crippen LogP contribution in [-0.4, -0.2) is 74.3 Å². The number of carbonyl (C=O) groups is 2. The summed E-state index contributed by atoms with van der Waals surface area (Å²) < 4.78 is 30.7. The minimum Gasteiger partial charge on any atom is -0.456 e. The van der Waals surface area contributed by atoms with Gasteiger partial charge < -0.3 is 19.4 Å². The van der Waals surface area contributed by atoms with Crippen LogP contribution in [0.5, 0.6) is 0 Å². The first-order valence-corrected chi connectivity index (χ1v) is 34.5. The van der Waals surface area contributed by atoms with Gasteiger partial charge in [-0.05, 0) is 89.5 Å². The van der Waals surface area contributed by atoms with E-state index in [1.165, 1.54) is 199 Å². The van der Waals surface area contributed by atoms with Gasteiger partial charge in [0.15, 0.2) is 0 Å². The van der Waals surface area contributed by atoms with Crippen LogP contribution < -0.4 is 5.32 Å². The summed E-state index contributed by atoms with van der Waals surface area (Å²) >= 11 is 0. The van der Waals surface area contributed by atoms with E-state index in [2.05, 4.69) is 62.5 Å². The van der Waals surface area contributed by atoms with Crippen LogP contribution in [0.3, 0.4) is 0 Å². The standard InChI is InChI=1S/C67H127N2O7P/c1-7-10-13-16-19-22-25-28-30-32-33-34-35-36-37-38-40-42-45-48-51-54-57-60-67(71)76-65(58-55-52-49-46-43-27-24-21-18-15-12-9-3)64(63-75-77(72,73)74-62-61-69(4,5)6)68-66(70)59-56-53-50-47-44-41-39-31-29-26-23-20-17-14-11-8-2/h19,22,28,30-31,39,55,58,64-65H,7-18,20-21,23-27,29,32-38,40-54,56-57,59-63H2,1-6H3,(H-,68,70,72,73)/p+1/b22-19-,30-28-,39-31+,58-55-. The molecule has 0 aliphatic rings. The fourth-order valence-corrected chi connectivity index (χ4v) is 10.3. The lowest BCUT2D eigenvalue weighted by Crippen LogP contribution is -2.47. The highest BCUT2D eigenvalue weighted by Gasteiger charge is 2.30. The second-order valence-electron chi connectivity index (χ2n) is 23.6. The molecule has 77 heavy (non-hydrogen) atoms. The van der Waals surface area contributed by atoms with Crippen molar-refractivity contribution >= 4 is 19.7 Å². The van der Waals surface area contributed by atoms with E-state index in [4.69, 9.17) is 13.8 Å². The van der Waals surface area contributed by atoms with Gasteiger partial charge in [0.2, 0.25) is 5.91 Å². The molecule has 0 bridgehead atoms. The predicted molar refractivity (Wildman–Crippen MR) is 332 cm³/mol. The van der Waals surface area contributed by atoms with Crippen molar-refractivity contribution in [1.29, 1.82) is 0 Å². The molecule has 3 unspecified atom stereocenters. The highest BCUT2D eigenvalue weighted by Crippen LogP contribution is 2.43. The second-order valence-corrected chi connectivity index (χ2v) is 25.1. The Kier molecular flexibility index (Phi) is 55.7. The molecule has 0 heterocycles. The molecule has 3 atom stereocenters. The summed E-state index contributed by atoms with van der Waals surface area (Å²) in [4.78, 5) is 37.8. The Morgan fingerprint density at radius 3 is 1.21 bits per heavy atom. The molecular weight excluding hydrogens is 976 g/mol. The topological polar surface area (TPSA) is 111 Å². The summed E-state index contributed by atoms with van der Waals surface area (Å²) in [6.07, 6.45) is 71.1. The maximum Gasteiger partial charge on any atom is 0.472 e. The molecule has 452 valence electrons. The molecule has 0 rings (SSSR count). The molecule has 9 nitrogen and oxygen atoms in total. The van der Waals surface area contributed by atoms with Crippen LogP contribution in [-0.2, 0) is 27.9 Å². The Bertz CT molecular complexity index is 1460. The number of hydrogen-bond donors (Lipinski definition) is 2. The summed E-state index contributed by atoms with van der Waals surface area (Å²) in [5.41, 5.74) is 0. The minimum absolute atomic E-state index is 0.0395. The Balaban J connectivity index is 5.14. The average molecular weight is 1100 g/mol. The smallest absolute Gasteiger partial charge is 0.456 e. The van der Waals surface area contributed by atoms with Crippen LogP contribution in [0.1, 0.15) is 316 Å². The highest BCUT2D eigenvalue weighted by molar-refractivity contribution is 7.47. The number of rotatable bonds is 60. The number of carbonyl (C=O) groups excluding carboxylic acids is 2. The molecule has 0 aromatic carbocycles. The highest BCUT2D eigenvalue weighted by atomic mass is 31.2. The number of phosphoric ester groups is 1. The van der Waals surface area contributed by atoms with Crippen LogP contribution in [0.25, 0.3) is 0 Å². The van der Waals surface area contributed by atoms with Crippen LogP contribution in [0, 0.1) is 0 Å². The lowest BCUT2D eigenvalue weighted by molar-refractivity contribution is -0.870. The van der Waals surface area contributed by atoms with Gasteiger partial charge in [0.05, 0.1) is 33.8 Å². The quantitative estimate of drug-likeness (QED) is 0.0205. The zero-order valence-corrected chi connectivity index (χ0v) is 52.6. The van der Waals surface area contributed by atoms with Gasteiger partial charge in [-0.15, -0.1) is 0 Å². The van der Waals surface area contributed by atoms with E-state index in [1.54, 1.807) is 0 Å². The lowest BCUT2D eigenvalue weighted by Gasteiger charge is -2.27. The van der Waals surface area contributed by atoms with Crippen molar-refractivity contribution in [2.24, 2.45) is 0 Å². The van der Waals surface area contributed by atoms with Crippen molar-refractivity contribution in [3.05, 3.63) is 48.6 Å². The van der Waals surface area contributed by atoms with E-state index in [1.807, 2.05) is 33.3 Å². The number of hydrogen-bond acceptors (Lipinski definition) is 6. The van der Waals surface area contributed by atoms with Crippen LogP contribution >= 0.6 is 7.82 Å². The fourth-order valence-electron chi connectivity index (χ4n) is 9.61. The molecule has 0 saturated carbocycles. The molecule has 0 aliphatic heterocycles. The Labute approximate surface area is 478 Å². The van der Waals surface area contributed by atoms with Gasteiger partial charge in [-0.2, -0.15) is 0 Å². The number of nitrogens with one attached hydrogen (secondary N) is 1. The Morgan fingerprint density at radius 2 is 0.792 bits per heavy atom. The maximum absolute atomic E-state index is 13.5. The van der Waals surface area contributed by atoms with Crippen molar-refractivity contribution in [3.63, 3.8) is 0 Å². The zero-order chi connectivity index (χ0) is 56.4. The average Bonchev–Trinajstić information content (AvgIpc) is 3.39. The fraction of sp³-hybridized carbons (Fsp3) is 0.851. The van der Waals surface area contributed by atoms with Gasteiger partial charge in [-0.1, -0.05) is 262 Å². The third-order valence-electron chi connectivity index (χ3n) is 14.7. The SMILES string of the molecule is CCCCC/C=C\C/C=C\CCCCCCCCCCCCCCCC(=O)OC(/C=C\CCCCCCCCCCCC)C(COP(=O)(O)OCC[N+](C)(C)C)NC(=O)CCCCCCC/C=C/CCCCCCCCC. The van der Waals surface area contributed by atoms with Crippen LogP contribution in [0.15, 0.2) is 48.6 Å². The number of nitrogens with zero attached hydrogens (tertiary/aromatic N) is 1. The summed E-state index contributed by atoms with van der Waals surface area (Å²) in [7, 11) is 1.50. The second kappa shape index (κ2) is 57.2. The predicted octanol–water partition coefficient (Wildman–Crippen LogP) is 20.5. The van der Waals surface area contributed by atoms with Crippen LogP contribution in [0.2, 0.25) is 0 Å². The largest absolute Gasteiger partial charge is 0.472 e. The first-order chi connectivity index (χ1) is 37.4. The third kappa shape index (κ3) is 58.4. The first-order valence-electron chi connectivity index (χ1n) is 33.0. The molecular formula is C67H128N2O7P+. The Morgan fingerprint density at radius 1 is 0.455 bits per heavy atom. The summed E-state index contributed by atoms with van der Waals surface area (Å²) in [5, 5.41) is 3.06. The normalized spacial score (nSPS) is 13.9. The molecule has 2 N–H and O–H groups in total. The van der Waals surface area contributed by atoms with Gasteiger partial charge in [0.25, 0.3) is 0 Å². The molecule has 0 aliphatic carbocycles. The molecule has 0 aromatic heterocycles. The van der Waals surface area contributed by atoms with Crippen molar-refractivity contribution < 1.29 is 37.3 Å². The van der Waals surface area contributed by atoms with Crippen molar-refractivity contribution in [2.45, 2.75) is 328 Å². The lowest BCUT2D eigenvalue weighted by atomic mass is 10.0. The maximum atomic E-state index is 13.5. The number of ether oxygens (including phenoxy) is 1. The van der Waals surface area contributed by atoms with Gasteiger partial charge in [0, 0.05) is 12.8 Å². The molecule has 0 spiro atoms. The third-order valence-corrected chi connectivity index (χ3v) is 15.7. The van der Waals surface area contributed by atoms with E-state index in [0.29, 0.717) is 23.9 Å². The summed E-state index contributed by atoms with van der Waals surface area (Å²) in [6.45, 7) is 7.01. The number of quaternary nitrogens is 1. The number of allylic oxidation sites excluding steroid dienone is 7. The number of unbranched alkanes of at least 4 members (excludes halogenated alkanes) is 38. The number of phosphoric acid groups is 1. The van der Waals surface area contributed by atoms with Gasteiger partial charge >= 0.3 is 13.8 Å². The van der Waals surface area contributed by atoms with Gasteiger partial charge in [-0.3, -0.25) is 18.6 Å². The molecule has 0 aromatic rings. The van der Waals surface area contributed by atoms with E-state index in [-0.39, 0.29) is 25.1 Å². The van der Waals surface area contributed by atoms with Crippen molar-refractivity contribution in [2.75, 3.05) is 40.9 Å². The first kappa shape index (κ1) is 75.0. The molecule has 1 amide bonds. The molecule has 10 heteroatoms. The number of esters is 1. The van der Waals surface area contributed by atoms with Crippen molar-refractivity contribution in [3.8, 4) is 0 Å². The summed E-state index contributed by atoms with van der Waals surface area (Å²) in [6, 6.07) is -0.851. The zero-order valence-electron chi connectivity index (χ0n) is 51.7. The summed E-state index contributed by atoms with van der Waals surface area (Å²) in [5.74, 6) is -0.505. The van der Waals surface area contributed by atoms with E-state index >= 15 is 0 Å². The van der Waals surface area contributed by atoms with E-state index in [9.17, 15) is 19.0 Å². The monoisotopic (exact) mass is 1100 g/mol. The molecule has 0 radical (unpaired) electrons. The molecule has 0 fully saturated rings. The van der Waals surface area contributed by atoms with Gasteiger partial charge in [-0.25, -0.2) is 4.57 Å². The van der Waals surface area contributed by atoms with E-state index < -0.39 is 20.0 Å². The van der Waals surface area contributed by atoms with E-state index in [0.717, 1.165) is 83.5 Å². The number of likely N-dealkylation sites (N-methyl/N-ethyl adjacent to an activating group) is 1. The Hall–Kier alpha value is -2.03. The van der Waals surface area contributed by atoms with Gasteiger partial charge in [0.1, 0.15) is 19.3 Å². The molecule has 0 saturated heterocycles. The van der Waals surface area contributed by atoms with Crippen molar-refractivity contribution in [1.82, 2.24) is 5.32 Å². The minimum atomic E-state index is -4.45.